The van der Waals surface area contributed by atoms with E-state index in [1.54, 1.807) is 32.6 Å². The van der Waals surface area contributed by atoms with Gasteiger partial charge in [0.25, 0.3) is 5.91 Å². The molecule has 4 rings (SSSR count). The number of aromatic nitrogens is 4. The van der Waals surface area contributed by atoms with Gasteiger partial charge in [-0.25, -0.2) is 9.07 Å². The zero-order valence-corrected chi connectivity index (χ0v) is 18.9. The van der Waals surface area contributed by atoms with E-state index in [1.165, 1.54) is 12.1 Å². The SMILES string of the molecule is Cc1nn(Cn2ccc(C(=O)N3CCN(Cc4ccc(F)cc4Cl)CC3)n2)c(C)c1Cl. The summed E-state index contributed by atoms with van der Waals surface area (Å²) in [5.41, 5.74) is 2.91. The molecule has 0 atom stereocenters. The van der Waals surface area contributed by atoms with Crippen molar-refractivity contribution in [1.82, 2.24) is 29.4 Å². The van der Waals surface area contributed by atoms with Crippen molar-refractivity contribution in [1.29, 1.82) is 0 Å². The van der Waals surface area contributed by atoms with Gasteiger partial charge in [0.15, 0.2) is 0 Å². The molecule has 2 aromatic heterocycles. The van der Waals surface area contributed by atoms with Crippen LogP contribution in [-0.4, -0.2) is 61.4 Å². The minimum atomic E-state index is -0.343. The average Bonchev–Trinajstić information content (AvgIpc) is 3.31. The predicted molar refractivity (Wildman–Crippen MR) is 117 cm³/mol. The minimum absolute atomic E-state index is 0.0929. The van der Waals surface area contributed by atoms with Gasteiger partial charge in [0, 0.05) is 43.9 Å². The molecule has 0 N–H and O–H groups in total. The highest BCUT2D eigenvalue weighted by Crippen LogP contribution is 2.21. The molecule has 3 heterocycles. The van der Waals surface area contributed by atoms with Gasteiger partial charge in [-0.05, 0) is 37.6 Å². The summed E-state index contributed by atoms with van der Waals surface area (Å²) < 4.78 is 16.7. The molecule has 31 heavy (non-hydrogen) atoms. The fourth-order valence-corrected chi connectivity index (χ4v) is 4.03. The molecule has 1 saturated heterocycles. The van der Waals surface area contributed by atoms with Crippen LogP contribution in [0.3, 0.4) is 0 Å². The van der Waals surface area contributed by atoms with Crippen LogP contribution in [0.1, 0.15) is 27.4 Å². The molecule has 1 aliphatic heterocycles. The lowest BCUT2D eigenvalue weighted by Gasteiger charge is -2.34. The van der Waals surface area contributed by atoms with Crippen LogP contribution in [0, 0.1) is 19.7 Å². The second kappa shape index (κ2) is 8.98. The molecule has 0 unspecified atom stereocenters. The van der Waals surface area contributed by atoms with Crippen LogP contribution in [0.2, 0.25) is 10.0 Å². The number of hydrogen-bond acceptors (Lipinski definition) is 4. The van der Waals surface area contributed by atoms with Crippen molar-refractivity contribution in [2.24, 2.45) is 0 Å². The molecule has 1 aromatic carbocycles. The second-order valence-electron chi connectivity index (χ2n) is 7.67. The number of rotatable bonds is 5. The first-order valence-electron chi connectivity index (χ1n) is 10.0. The van der Waals surface area contributed by atoms with Gasteiger partial charge >= 0.3 is 0 Å². The van der Waals surface area contributed by atoms with E-state index in [0.717, 1.165) is 17.0 Å². The van der Waals surface area contributed by atoms with Gasteiger partial charge in [0.2, 0.25) is 0 Å². The first-order valence-corrected chi connectivity index (χ1v) is 10.8. The highest BCUT2D eigenvalue weighted by molar-refractivity contribution is 6.32. The minimum Gasteiger partial charge on any atom is -0.335 e. The second-order valence-corrected chi connectivity index (χ2v) is 8.46. The number of carbonyl (C=O) groups is 1. The van der Waals surface area contributed by atoms with Gasteiger partial charge in [-0.3, -0.25) is 14.4 Å². The quantitative estimate of drug-likeness (QED) is 0.578. The number of benzene rings is 1. The van der Waals surface area contributed by atoms with E-state index in [4.69, 9.17) is 23.2 Å². The summed E-state index contributed by atoms with van der Waals surface area (Å²) in [5.74, 6) is -0.436. The third kappa shape index (κ3) is 4.76. The van der Waals surface area contributed by atoms with Gasteiger partial charge in [0.1, 0.15) is 18.2 Å². The van der Waals surface area contributed by atoms with Gasteiger partial charge in [-0.2, -0.15) is 10.2 Å². The third-order valence-electron chi connectivity index (χ3n) is 5.50. The lowest BCUT2D eigenvalue weighted by molar-refractivity contribution is 0.0621. The fourth-order valence-electron chi connectivity index (χ4n) is 3.67. The molecular formula is C21H23Cl2FN6O. The third-order valence-corrected chi connectivity index (χ3v) is 6.40. The molecule has 0 bridgehead atoms. The highest BCUT2D eigenvalue weighted by atomic mass is 35.5. The van der Waals surface area contributed by atoms with Crippen LogP contribution >= 0.6 is 23.2 Å². The van der Waals surface area contributed by atoms with E-state index in [0.29, 0.717) is 55.1 Å². The normalized spacial score (nSPS) is 14.9. The van der Waals surface area contributed by atoms with Crippen LogP contribution in [-0.2, 0) is 13.2 Å². The molecule has 0 radical (unpaired) electrons. The zero-order chi connectivity index (χ0) is 22.1. The van der Waals surface area contributed by atoms with Crippen molar-refractivity contribution >= 4 is 29.1 Å². The van der Waals surface area contributed by atoms with E-state index in [9.17, 15) is 9.18 Å². The first kappa shape index (κ1) is 21.8. The van der Waals surface area contributed by atoms with E-state index in [1.807, 2.05) is 13.8 Å². The fraction of sp³-hybridized carbons (Fsp3) is 0.381. The summed E-state index contributed by atoms with van der Waals surface area (Å²) in [6.07, 6.45) is 1.77. The summed E-state index contributed by atoms with van der Waals surface area (Å²) in [4.78, 5) is 16.9. The highest BCUT2D eigenvalue weighted by Gasteiger charge is 2.24. The maximum Gasteiger partial charge on any atom is 0.274 e. The Morgan fingerprint density at radius 3 is 2.48 bits per heavy atom. The van der Waals surface area contributed by atoms with E-state index >= 15 is 0 Å². The number of aryl methyl sites for hydroxylation is 1. The van der Waals surface area contributed by atoms with Crippen molar-refractivity contribution in [3.63, 3.8) is 0 Å². The molecule has 0 saturated carbocycles. The molecule has 3 aromatic rings. The Bertz CT molecular complexity index is 1100. The van der Waals surface area contributed by atoms with Crippen LogP contribution in [0.15, 0.2) is 30.5 Å². The summed E-state index contributed by atoms with van der Waals surface area (Å²) in [7, 11) is 0. The maximum atomic E-state index is 13.2. The van der Waals surface area contributed by atoms with Gasteiger partial charge in [-0.15, -0.1) is 0 Å². The molecule has 7 nitrogen and oxygen atoms in total. The molecule has 0 aliphatic carbocycles. The van der Waals surface area contributed by atoms with E-state index < -0.39 is 0 Å². The van der Waals surface area contributed by atoms with Crippen molar-refractivity contribution in [3.05, 3.63) is 69.0 Å². The molecule has 0 spiro atoms. The Morgan fingerprint density at radius 2 is 1.84 bits per heavy atom. The Balaban J connectivity index is 1.34. The standard InChI is InChI=1S/C21H23Cl2FN6O/c1-14-20(23)15(2)30(25-14)13-29-6-5-19(26-29)21(31)28-9-7-27(8-10-28)12-16-3-4-17(24)11-18(16)22/h3-6,11H,7-10,12-13H2,1-2H3. The molecule has 1 amide bonds. The number of carbonyl (C=O) groups excluding carboxylic acids is 1. The van der Waals surface area contributed by atoms with Crippen molar-refractivity contribution in [2.75, 3.05) is 26.2 Å². The van der Waals surface area contributed by atoms with Crippen molar-refractivity contribution in [3.8, 4) is 0 Å². The van der Waals surface area contributed by atoms with Crippen LogP contribution in [0.25, 0.3) is 0 Å². The van der Waals surface area contributed by atoms with Crippen molar-refractivity contribution < 1.29 is 9.18 Å². The van der Waals surface area contributed by atoms with Crippen LogP contribution in [0.5, 0.6) is 0 Å². The lowest BCUT2D eigenvalue weighted by atomic mass is 10.2. The Morgan fingerprint density at radius 1 is 1.10 bits per heavy atom. The number of amides is 1. The largest absolute Gasteiger partial charge is 0.335 e. The molecule has 1 fully saturated rings. The van der Waals surface area contributed by atoms with E-state index in [-0.39, 0.29) is 11.7 Å². The van der Waals surface area contributed by atoms with Gasteiger partial charge in [-0.1, -0.05) is 29.3 Å². The Hall–Kier alpha value is -2.42. The van der Waals surface area contributed by atoms with Crippen LogP contribution < -0.4 is 0 Å². The number of hydrogen-bond donors (Lipinski definition) is 0. The molecule has 10 heteroatoms. The number of piperazine rings is 1. The summed E-state index contributed by atoms with van der Waals surface area (Å²) in [6, 6.07) is 6.17. The molecule has 1 aliphatic rings. The Labute approximate surface area is 189 Å². The average molecular weight is 465 g/mol. The Kier molecular flexibility index (Phi) is 6.31. The zero-order valence-electron chi connectivity index (χ0n) is 17.4. The molecular weight excluding hydrogens is 442 g/mol. The smallest absolute Gasteiger partial charge is 0.274 e. The van der Waals surface area contributed by atoms with Crippen molar-refractivity contribution in [2.45, 2.75) is 27.1 Å². The summed E-state index contributed by atoms with van der Waals surface area (Å²) in [6.45, 7) is 7.38. The number of halogens is 3. The lowest BCUT2D eigenvalue weighted by Crippen LogP contribution is -2.48. The summed E-state index contributed by atoms with van der Waals surface area (Å²) >= 11 is 12.3. The predicted octanol–water partition coefficient (Wildman–Crippen LogP) is 3.61. The monoisotopic (exact) mass is 464 g/mol. The topological polar surface area (TPSA) is 59.2 Å². The maximum absolute atomic E-state index is 13.2. The van der Waals surface area contributed by atoms with Crippen LogP contribution in [0.4, 0.5) is 4.39 Å². The van der Waals surface area contributed by atoms with E-state index in [2.05, 4.69) is 15.1 Å². The van der Waals surface area contributed by atoms with Gasteiger partial charge < -0.3 is 4.90 Å². The number of nitrogens with zero attached hydrogens (tertiary/aromatic N) is 6. The van der Waals surface area contributed by atoms with Gasteiger partial charge in [0.05, 0.1) is 16.4 Å². The molecule has 164 valence electrons. The first-order chi connectivity index (χ1) is 14.8. The summed E-state index contributed by atoms with van der Waals surface area (Å²) in [5, 5.41) is 9.88.